The van der Waals surface area contributed by atoms with Gasteiger partial charge in [0.15, 0.2) is 6.79 Å². The van der Waals surface area contributed by atoms with Crippen LogP contribution in [0.15, 0.2) is 39.7 Å². The Morgan fingerprint density at radius 3 is 2.53 bits per heavy atom. The largest absolute Gasteiger partial charge is 0.484 e. The summed E-state index contributed by atoms with van der Waals surface area (Å²) < 4.78 is 22.7. The van der Waals surface area contributed by atoms with E-state index in [1.165, 1.54) is 13.4 Å². The summed E-state index contributed by atoms with van der Waals surface area (Å²) in [6, 6.07) is 7.64. The second kappa shape index (κ2) is 7.45. The highest BCUT2D eigenvalue weighted by atomic mass is 16.7. The van der Waals surface area contributed by atoms with Gasteiger partial charge in [0, 0.05) is 25.2 Å². The monoisotopic (exact) mass is 410 g/mol. The van der Waals surface area contributed by atoms with Crippen molar-refractivity contribution in [3.05, 3.63) is 57.4 Å². The number of benzene rings is 2. The molecule has 6 heteroatoms. The number of fused-ring (bicyclic) bond motifs is 3. The van der Waals surface area contributed by atoms with E-state index in [2.05, 4.69) is 6.07 Å². The van der Waals surface area contributed by atoms with Gasteiger partial charge in [-0.25, -0.2) is 0 Å². The average Bonchev–Trinajstić information content (AvgIpc) is 2.66. The van der Waals surface area contributed by atoms with Crippen LogP contribution in [0.5, 0.6) is 11.5 Å². The summed E-state index contributed by atoms with van der Waals surface area (Å²) in [6.07, 6.45) is 1.03. The average molecular weight is 410 g/mol. The molecular formula is C24H26O6. The molecule has 0 amide bonds. The summed E-state index contributed by atoms with van der Waals surface area (Å²) >= 11 is 0. The number of aliphatic hydroxyl groups excluding tert-OH is 1. The van der Waals surface area contributed by atoms with Crippen LogP contribution < -0.4 is 14.9 Å². The molecule has 6 nitrogen and oxygen atoms in total. The maximum Gasteiger partial charge on any atom is 0.204 e. The Morgan fingerprint density at radius 1 is 1.17 bits per heavy atom. The lowest BCUT2D eigenvalue weighted by Gasteiger charge is -2.37. The zero-order chi connectivity index (χ0) is 21.6. The van der Waals surface area contributed by atoms with E-state index in [0.29, 0.717) is 40.0 Å². The molecule has 1 N–H and O–H groups in total. The van der Waals surface area contributed by atoms with Crippen LogP contribution >= 0.6 is 0 Å². The molecule has 30 heavy (non-hydrogen) atoms. The summed E-state index contributed by atoms with van der Waals surface area (Å²) in [7, 11) is 1.53. The molecule has 0 bridgehead atoms. The molecule has 1 atom stereocenters. The van der Waals surface area contributed by atoms with Gasteiger partial charge in [0.1, 0.15) is 34.3 Å². The smallest absolute Gasteiger partial charge is 0.204 e. The van der Waals surface area contributed by atoms with E-state index in [9.17, 15) is 9.90 Å². The molecule has 0 spiro atoms. The van der Waals surface area contributed by atoms with Gasteiger partial charge in [0.2, 0.25) is 5.43 Å². The van der Waals surface area contributed by atoms with Gasteiger partial charge in [-0.1, -0.05) is 29.3 Å². The van der Waals surface area contributed by atoms with Crippen molar-refractivity contribution in [2.75, 3.05) is 13.9 Å². The van der Waals surface area contributed by atoms with E-state index in [1.807, 2.05) is 26.0 Å². The highest BCUT2D eigenvalue weighted by Crippen LogP contribution is 2.43. The highest BCUT2D eigenvalue weighted by molar-refractivity contribution is 5.90. The molecule has 0 aliphatic carbocycles. The van der Waals surface area contributed by atoms with Gasteiger partial charge in [-0.2, -0.15) is 0 Å². The minimum Gasteiger partial charge on any atom is -0.484 e. The van der Waals surface area contributed by atoms with Crippen LogP contribution in [0.3, 0.4) is 0 Å². The second-order valence-electron chi connectivity index (χ2n) is 8.39. The van der Waals surface area contributed by atoms with E-state index >= 15 is 0 Å². The number of hydrogen-bond acceptors (Lipinski definition) is 6. The topological polar surface area (TPSA) is 78.1 Å². The first-order chi connectivity index (χ1) is 14.2. The van der Waals surface area contributed by atoms with Crippen LogP contribution in [0, 0.1) is 13.8 Å². The highest BCUT2D eigenvalue weighted by Gasteiger charge is 2.39. The first-order valence-electron chi connectivity index (χ1n) is 9.90. The van der Waals surface area contributed by atoms with E-state index < -0.39 is 11.7 Å². The number of aliphatic hydroxyl groups is 1. The van der Waals surface area contributed by atoms with Crippen molar-refractivity contribution in [1.82, 2.24) is 0 Å². The maximum absolute atomic E-state index is 13.6. The van der Waals surface area contributed by atoms with Crippen LogP contribution in [0.2, 0.25) is 0 Å². The van der Waals surface area contributed by atoms with Gasteiger partial charge < -0.3 is 23.7 Å². The molecule has 0 radical (unpaired) electrons. The normalized spacial score (nSPS) is 17.5. The molecule has 158 valence electrons. The Hall–Kier alpha value is -2.83. The molecule has 3 aromatic rings. The zero-order valence-corrected chi connectivity index (χ0v) is 17.9. The quantitative estimate of drug-likeness (QED) is 0.652. The Balaban J connectivity index is 2.00. The van der Waals surface area contributed by atoms with Gasteiger partial charge in [-0.15, -0.1) is 0 Å². The molecule has 1 aromatic heterocycles. The van der Waals surface area contributed by atoms with Crippen molar-refractivity contribution in [1.29, 1.82) is 0 Å². The summed E-state index contributed by atoms with van der Waals surface area (Å²) in [6.45, 7) is 7.61. The fraction of sp³-hybridized carbons (Fsp3) is 0.375. The molecule has 4 rings (SSSR count). The molecule has 0 fully saturated rings. The maximum atomic E-state index is 13.6. The second-order valence-corrected chi connectivity index (χ2v) is 8.39. The molecule has 1 aliphatic rings. The summed E-state index contributed by atoms with van der Waals surface area (Å²) in [5.74, 6) is 0.866. The summed E-state index contributed by atoms with van der Waals surface area (Å²) in [5, 5.41) is 10.9. The van der Waals surface area contributed by atoms with Gasteiger partial charge in [0.25, 0.3) is 0 Å². The standard InChI is InChI=1S/C24H26O6/c1-13-6-14(2)8-15(7-13)17-11-28-19-10-18(29-12-27-5)16-9-20(25)24(3,4)30-23(16)21(19)22(17)26/h6-8,10-11,20,25H,9,12H2,1-5H3. The van der Waals surface area contributed by atoms with Gasteiger partial charge in [-0.05, 0) is 33.3 Å². The SMILES string of the molecule is COCOc1cc2occ(-c3cc(C)cc(C)c3)c(=O)c2c2c1CC(O)C(C)(C)O2. The lowest BCUT2D eigenvalue weighted by Crippen LogP contribution is -2.46. The lowest BCUT2D eigenvalue weighted by atomic mass is 9.89. The third kappa shape index (κ3) is 3.46. The van der Waals surface area contributed by atoms with Crippen LogP contribution in [-0.4, -0.2) is 30.7 Å². The Morgan fingerprint density at radius 2 is 1.87 bits per heavy atom. The van der Waals surface area contributed by atoms with E-state index in [-0.39, 0.29) is 12.2 Å². The van der Waals surface area contributed by atoms with Crippen molar-refractivity contribution < 1.29 is 23.7 Å². The van der Waals surface area contributed by atoms with Crippen LogP contribution in [0.1, 0.15) is 30.5 Å². The fourth-order valence-electron chi connectivity index (χ4n) is 3.93. The Kier molecular flexibility index (Phi) is 5.08. The van der Waals surface area contributed by atoms with Gasteiger partial charge in [-0.3, -0.25) is 4.79 Å². The van der Waals surface area contributed by atoms with Gasteiger partial charge in [0.05, 0.1) is 11.7 Å². The predicted molar refractivity (Wildman–Crippen MR) is 114 cm³/mol. The van der Waals surface area contributed by atoms with Crippen molar-refractivity contribution in [3.63, 3.8) is 0 Å². The van der Waals surface area contributed by atoms with Crippen LogP contribution in [0.25, 0.3) is 22.1 Å². The lowest BCUT2D eigenvalue weighted by molar-refractivity contribution is -0.0415. The van der Waals surface area contributed by atoms with Crippen molar-refractivity contribution >= 4 is 11.0 Å². The molecule has 1 aliphatic heterocycles. The number of rotatable bonds is 4. The number of methoxy groups -OCH3 is 1. The first kappa shape index (κ1) is 20.4. The number of ether oxygens (including phenoxy) is 3. The molecule has 0 saturated carbocycles. The Bertz CT molecular complexity index is 1150. The van der Waals surface area contributed by atoms with E-state index in [1.54, 1.807) is 19.9 Å². The van der Waals surface area contributed by atoms with Crippen LogP contribution in [-0.2, 0) is 11.2 Å². The zero-order valence-electron chi connectivity index (χ0n) is 17.9. The fourth-order valence-corrected chi connectivity index (χ4v) is 3.93. The van der Waals surface area contributed by atoms with Crippen molar-refractivity contribution in [2.24, 2.45) is 0 Å². The van der Waals surface area contributed by atoms with Gasteiger partial charge >= 0.3 is 0 Å². The van der Waals surface area contributed by atoms with Crippen molar-refractivity contribution in [2.45, 2.75) is 45.8 Å². The van der Waals surface area contributed by atoms with E-state index in [4.69, 9.17) is 18.6 Å². The summed E-state index contributed by atoms with van der Waals surface area (Å²) in [5.41, 5.74) is 3.36. The Labute approximate surface area is 175 Å². The number of hydrogen-bond donors (Lipinski definition) is 1. The third-order valence-electron chi connectivity index (χ3n) is 5.51. The molecular weight excluding hydrogens is 384 g/mol. The summed E-state index contributed by atoms with van der Waals surface area (Å²) in [4.78, 5) is 13.6. The number of aryl methyl sites for hydroxylation is 2. The predicted octanol–water partition coefficient (Wildman–Crippen LogP) is 4.13. The molecule has 2 heterocycles. The van der Waals surface area contributed by atoms with Crippen LogP contribution in [0.4, 0.5) is 0 Å². The minimum atomic E-state index is -0.859. The minimum absolute atomic E-state index is 0.0301. The van der Waals surface area contributed by atoms with E-state index in [0.717, 1.165) is 16.7 Å². The molecule has 0 saturated heterocycles. The molecule has 2 aromatic carbocycles. The first-order valence-corrected chi connectivity index (χ1v) is 9.90. The molecule has 1 unspecified atom stereocenters. The third-order valence-corrected chi connectivity index (χ3v) is 5.51. The van der Waals surface area contributed by atoms with Crippen molar-refractivity contribution in [3.8, 4) is 22.6 Å².